The van der Waals surface area contributed by atoms with E-state index in [0.29, 0.717) is 18.9 Å². The Morgan fingerprint density at radius 3 is 2.36 bits per heavy atom. The number of para-hydroxylation sites is 1. The lowest BCUT2D eigenvalue weighted by molar-refractivity contribution is -0.133. The standard InChI is InChI=1S/C22H27NO2/c24-21-13-7-4-10-19(21)14-15-22(25)23(20-11-5-6-12-20)17-16-18-8-2-1-3-9-18/h1-4,7-10,13,20,24H,5-6,11-12,14-17H2. The summed E-state index contributed by atoms with van der Waals surface area (Å²) in [4.78, 5) is 15.0. The topological polar surface area (TPSA) is 40.5 Å². The van der Waals surface area contributed by atoms with Gasteiger partial charge in [-0.3, -0.25) is 4.79 Å². The van der Waals surface area contributed by atoms with Crippen LogP contribution in [-0.2, 0) is 17.6 Å². The van der Waals surface area contributed by atoms with Crippen molar-refractivity contribution < 1.29 is 9.90 Å². The summed E-state index contributed by atoms with van der Waals surface area (Å²) in [6.07, 6.45) is 6.65. The number of phenolic OH excluding ortho intramolecular Hbond substituents is 1. The highest BCUT2D eigenvalue weighted by molar-refractivity contribution is 5.77. The maximum atomic E-state index is 12.9. The van der Waals surface area contributed by atoms with Crippen molar-refractivity contribution in [2.75, 3.05) is 6.54 Å². The van der Waals surface area contributed by atoms with Crippen LogP contribution in [0.2, 0.25) is 0 Å². The van der Waals surface area contributed by atoms with Crippen LogP contribution < -0.4 is 0 Å². The lowest BCUT2D eigenvalue weighted by Crippen LogP contribution is -2.40. The summed E-state index contributed by atoms with van der Waals surface area (Å²) in [5.41, 5.74) is 2.13. The number of aryl methyl sites for hydroxylation is 1. The molecule has 2 aromatic carbocycles. The number of phenols is 1. The van der Waals surface area contributed by atoms with Gasteiger partial charge in [0.05, 0.1) is 0 Å². The molecule has 1 saturated carbocycles. The Kier molecular flexibility index (Phi) is 6.10. The van der Waals surface area contributed by atoms with E-state index in [-0.39, 0.29) is 11.7 Å². The molecule has 2 aromatic rings. The van der Waals surface area contributed by atoms with Gasteiger partial charge in [0, 0.05) is 19.0 Å². The second kappa shape index (κ2) is 8.70. The molecular weight excluding hydrogens is 310 g/mol. The van der Waals surface area contributed by atoms with Crippen LogP contribution >= 0.6 is 0 Å². The third-order valence-corrected chi connectivity index (χ3v) is 5.17. The van der Waals surface area contributed by atoms with Crippen LogP contribution in [0.1, 0.15) is 43.2 Å². The predicted octanol–water partition coefficient (Wildman–Crippen LogP) is 4.34. The zero-order chi connectivity index (χ0) is 17.5. The molecule has 0 aromatic heterocycles. The summed E-state index contributed by atoms with van der Waals surface area (Å²) in [5, 5.41) is 9.90. The molecule has 3 nitrogen and oxygen atoms in total. The fourth-order valence-corrected chi connectivity index (χ4v) is 3.73. The zero-order valence-electron chi connectivity index (χ0n) is 14.7. The van der Waals surface area contributed by atoms with Gasteiger partial charge in [-0.05, 0) is 42.9 Å². The summed E-state index contributed by atoms with van der Waals surface area (Å²) < 4.78 is 0. The Balaban J connectivity index is 1.61. The number of benzene rings is 2. The van der Waals surface area contributed by atoms with Crippen LogP contribution in [0.4, 0.5) is 0 Å². The van der Waals surface area contributed by atoms with Crippen LogP contribution in [0, 0.1) is 0 Å². The van der Waals surface area contributed by atoms with Crippen molar-refractivity contribution in [2.45, 2.75) is 51.0 Å². The molecule has 3 heteroatoms. The number of carbonyl (C=O) groups is 1. The fraction of sp³-hybridized carbons (Fsp3) is 0.409. The lowest BCUT2D eigenvalue weighted by Gasteiger charge is -2.29. The number of aromatic hydroxyl groups is 1. The van der Waals surface area contributed by atoms with Gasteiger partial charge in [0.15, 0.2) is 0 Å². The maximum Gasteiger partial charge on any atom is 0.223 e. The SMILES string of the molecule is O=C(CCc1ccccc1O)N(CCc1ccccc1)C1CCCC1. The Hall–Kier alpha value is -2.29. The molecular formula is C22H27NO2. The van der Waals surface area contributed by atoms with Crippen LogP contribution in [0.5, 0.6) is 5.75 Å². The third kappa shape index (κ3) is 4.85. The van der Waals surface area contributed by atoms with E-state index in [0.717, 1.165) is 31.4 Å². The number of hydrogen-bond acceptors (Lipinski definition) is 2. The molecule has 0 aliphatic heterocycles. The van der Waals surface area contributed by atoms with Crippen LogP contribution in [-0.4, -0.2) is 28.5 Å². The Bertz CT molecular complexity index is 677. The molecule has 0 radical (unpaired) electrons. The molecule has 1 aliphatic carbocycles. The highest BCUT2D eigenvalue weighted by Crippen LogP contribution is 2.25. The minimum Gasteiger partial charge on any atom is -0.508 e. The molecule has 0 bridgehead atoms. The number of amides is 1. The first-order chi connectivity index (χ1) is 12.2. The van der Waals surface area contributed by atoms with Crippen LogP contribution in [0.25, 0.3) is 0 Å². The second-order valence-electron chi connectivity index (χ2n) is 6.89. The summed E-state index contributed by atoms with van der Waals surface area (Å²) in [6.45, 7) is 0.786. The average Bonchev–Trinajstić information content (AvgIpc) is 3.16. The minimum atomic E-state index is 0.214. The van der Waals surface area contributed by atoms with Gasteiger partial charge in [-0.1, -0.05) is 61.4 Å². The van der Waals surface area contributed by atoms with Gasteiger partial charge in [0.2, 0.25) is 5.91 Å². The monoisotopic (exact) mass is 337 g/mol. The molecule has 1 fully saturated rings. The van der Waals surface area contributed by atoms with Crippen molar-refractivity contribution in [1.82, 2.24) is 4.90 Å². The molecule has 0 unspecified atom stereocenters. The largest absolute Gasteiger partial charge is 0.508 e. The normalized spacial score (nSPS) is 14.6. The third-order valence-electron chi connectivity index (χ3n) is 5.17. The number of rotatable bonds is 7. The summed E-state index contributed by atoms with van der Waals surface area (Å²) in [5.74, 6) is 0.498. The van der Waals surface area contributed by atoms with E-state index in [1.807, 2.05) is 24.3 Å². The quantitative estimate of drug-likeness (QED) is 0.816. The highest BCUT2D eigenvalue weighted by Gasteiger charge is 2.26. The van der Waals surface area contributed by atoms with E-state index in [4.69, 9.17) is 0 Å². The summed E-state index contributed by atoms with van der Waals surface area (Å²) >= 11 is 0. The molecule has 25 heavy (non-hydrogen) atoms. The maximum absolute atomic E-state index is 12.9. The molecule has 3 rings (SSSR count). The van der Waals surface area contributed by atoms with Gasteiger partial charge in [0.25, 0.3) is 0 Å². The predicted molar refractivity (Wildman–Crippen MR) is 101 cm³/mol. The zero-order valence-corrected chi connectivity index (χ0v) is 14.7. The molecule has 1 amide bonds. The smallest absolute Gasteiger partial charge is 0.223 e. The molecule has 1 aliphatic rings. The molecule has 0 atom stereocenters. The average molecular weight is 337 g/mol. The first-order valence-electron chi connectivity index (χ1n) is 9.34. The molecule has 0 saturated heterocycles. The van der Waals surface area contributed by atoms with Crippen molar-refractivity contribution in [3.05, 3.63) is 65.7 Å². The first kappa shape index (κ1) is 17.5. The van der Waals surface area contributed by atoms with E-state index >= 15 is 0 Å². The van der Waals surface area contributed by atoms with Crippen molar-refractivity contribution in [1.29, 1.82) is 0 Å². The van der Waals surface area contributed by atoms with Gasteiger partial charge in [0.1, 0.15) is 5.75 Å². The first-order valence-corrected chi connectivity index (χ1v) is 9.34. The molecule has 0 spiro atoms. The number of carbonyl (C=O) groups excluding carboxylic acids is 1. The van der Waals surface area contributed by atoms with E-state index in [1.54, 1.807) is 6.07 Å². The van der Waals surface area contributed by atoms with Gasteiger partial charge in [-0.25, -0.2) is 0 Å². The number of hydrogen-bond donors (Lipinski definition) is 1. The van der Waals surface area contributed by atoms with E-state index in [9.17, 15) is 9.90 Å². The second-order valence-corrected chi connectivity index (χ2v) is 6.89. The van der Waals surface area contributed by atoms with Crippen molar-refractivity contribution in [3.63, 3.8) is 0 Å². The summed E-state index contributed by atoms with van der Waals surface area (Å²) in [7, 11) is 0. The number of nitrogens with zero attached hydrogens (tertiary/aromatic N) is 1. The Morgan fingerprint density at radius 1 is 0.960 bits per heavy atom. The van der Waals surface area contributed by atoms with E-state index in [1.165, 1.54) is 18.4 Å². The van der Waals surface area contributed by atoms with Crippen LogP contribution in [0.3, 0.4) is 0 Å². The Labute approximate surface area is 150 Å². The fourth-order valence-electron chi connectivity index (χ4n) is 3.73. The van der Waals surface area contributed by atoms with E-state index in [2.05, 4.69) is 29.2 Å². The highest BCUT2D eigenvalue weighted by atomic mass is 16.3. The van der Waals surface area contributed by atoms with Gasteiger partial charge in [-0.15, -0.1) is 0 Å². The van der Waals surface area contributed by atoms with Gasteiger partial charge in [-0.2, -0.15) is 0 Å². The van der Waals surface area contributed by atoms with Crippen molar-refractivity contribution >= 4 is 5.91 Å². The molecule has 0 heterocycles. The summed E-state index contributed by atoms with van der Waals surface area (Å²) in [6, 6.07) is 18.1. The minimum absolute atomic E-state index is 0.214. The molecule has 1 N–H and O–H groups in total. The van der Waals surface area contributed by atoms with Gasteiger partial charge < -0.3 is 10.0 Å². The van der Waals surface area contributed by atoms with Crippen molar-refractivity contribution in [2.24, 2.45) is 0 Å². The van der Waals surface area contributed by atoms with E-state index < -0.39 is 0 Å². The Morgan fingerprint density at radius 2 is 1.64 bits per heavy atom. The lowest BCUT2D eigenvalue weighted by atomic mass is 10.1. The van der Waals surface area contributed by atoms with Gasteiger partial charge >= 0.3 is 0 Å². The van der Waals surface area contributed by atoms with Crippen LogP contribution in [0.15, 0.2) is 54.6 Å². The van der Waals surface area contributed by atoms with Crippen molar-refractivity contribution in [3.8, 4) is 5.75 Å². The molecule has 132 valence electrons.